The first kappa shape index (κ1) is 32.2. The molecular weight excluding hydrogens is 572 g/mol. The maximum absolute atomic E-state index is 12.6. The molecule has 16 nitrogen and oxygen atoms in total. The van der Waals surface area contributed by atoms with Crippen molar-refractivity contribution in [2.24, 2.45) is 14.1 Å². The van der Waals surface area contributed by atoms with Crippen molar-refractivity contribution in [1.82, 2.24) is 50.8 Å². The molecule has 2 aliphatic rings. The minimum Gasteiger partial charge on any atom is -0.453 e. The molecule has 16 heteroatoms. The lowest BCUT2D eigenvalue weighted by Gasteiger charge is -2.41. The van der Waals surface area contributed by atoms with Crippen LogP contribution in [0.1, 0.15) is 42.6 Å². The summed E-state index contributed by atoms with van der Waals surface area (Å²) in [6.45, 7) is 2.55. The number of ether oxygens (including phenoxy) is 3. The van der Waals surface area contributed by atoms with Gasteiger partial charge in [0.2, 0.25) is 0 Å². The number of alkyl carbamates (subject to hydrolysis) is 2. The van der Waals surface area contributed by atoms with Crippen molar-refractivity contribution in [1.29, 1.82) is 0 Å². The lowest BCUT2D eigenvalue weighted by molar-refractivity contribution is 0.0613. The van der Waals surface area contributed by atoms with E-state index in [1.165, 1.54) is 14.2 Å². The summed E-state index contributed by atoms with van der Waals surface area (Å²) in [5.74, 6) is 0. The maximum Gasteiger partial charge on any atom is 0.410 e. The number of benzene rings is 1. The van der Waals surface area contributed by atoms with Crippen molar-refractivity contribution in [3.63, 3.8) is 0 Å². The molecule has 2 aliphatic heterocycles. The monoisotopic (exact) mass is 612 g/mol. The number of carbonyl (C=O) groups is 3. The summed E-state index contributed by atoms with van der Waals surface area (Å²) >= 11 is 0. The third-order valence-electron chi connectivity index (χ3n) is 7.58. The zero-order chi connectivity index (χ0) is 31.6. The molecule has 0 saturated carbocycles. The van der Waals surface area contributed by atoms with Gasteiger partial charge in [-0.1, -0.05) is 40.8 Å². The Hall–Kier alpha value is -4.73. The number of hydrogen-bond donors (Lipinski definition) is 3. The van der Waals surface area contributed by atoms with E-state index in [1.54, 1.807) is 34.6 Å². The molecule has 1 aromatic carbocycles. The number of amides is 3. The normalized spacial score (nSPS) is 21.3. The number of nitrogens with one attached hydrogen (secondary N) is 3. The topological polar surface area (TPSA) is 180 Å². The Kier molecular flexibility index (Phi) is 10.7. The number of aromatic nitrogens is 6. The molecule has 3 N–H and O–H groups in total. The molecule has 2 fully saturated rings. The van der Waals surface area contributed by atoms with Gasteiger partial charge in [-0.25, -0.2) is 14.4 Å². The van der Waals surface area contributed by atoms with Crippen LogP contribution in [-0.4, -0.2) is 93.6 Å². The predicted molar refractivity (Wildman–Crippen MR) is 156 cm³/mol. The van der Waals surface area contributed by atoms with Crippen LogP contribution in [0.5, 0.6) is 0 Å². The number of methoxy groups -OCH3 is 2. The van der Waals surface area contributed by atoms with E-state index in [0.29, 0.717) is 31.6 Å². The number of rotatable bonds is 6. The summed E-state index contributed by atoms with van der Waals surface area (Å²) < 4.78 is 18.1. The molecule has 44 heavy (non-hydrogen) atoms. The van der Waals surface area contributed by atoms with Crippen molar-refractivity contribution in [3.05, 3.63) is 59.7 Å². The molecule has 4 heterocycles. The van der Waals surface area contributed by atoms with Gasteiger partial charge < -0.3 is 35.1 Å². The first-order valence-corrected chi connectivity index (χ1v) is 14.3. The summed E-state index contributed by atoms with van der Waals surface area (Å²) in [4.78, 5) is 37.5. The van der Waals surface area contributed by atoms with Crippen molar-refractivity contribution in [2.45, 2.75) is 43.4 Å². The minimum absolute atomic E-state index is 0.193. The lowest BCUT2D eigenvalue weighted by atomic mass is 9.86. The van der Waals surface area contributed by atoms with E-state index in [2.05, 4.69) is 41.3 Å². The second-order valence-corrected chi connectivity index (χ2v) is 10.8. The van der Waals surface area contributed by atoms with E-state index in [4.69, 9.17) is 9.47 Å². The molecule has 2 atom stereocenters. The third kappa shape index (κ3) is 8.00. The van der Waals surface area contributed by atoms with Crippen LogP contribution in [0.3, 0.4) is 0 Å². The van der Waals surface area contributed by atoms with Crippen molar-refractivity contribution >= 4 is 18.3 Å². The molecule has 0 bridgehead atoms. The van der Waals surface area contributed by atoms with E-state index in [1.807, 2.05) is 36.5 Å². The van der Waals surface area contributed by atoms with Gasteiger partial charge in [0, 0.05) is 27.2 Å². The fourth-order valence-corrected chi connectivity index (χ4v) is 5.32. The van der Waals surface area contributed by atoms with Crippen molar-refractivity contribution < 1.29 is 28.6 Å². The van der Waals surface area contributed by atoms with Crippen LogP contribution in [0.4, 0.5) is 14.4 Å². The van der Waals surface area contributed by atoms with Gasteiger partial charge >= 0.3 is 18.3 Å². The molecule has 3 aromatic rings. The molecule has 0 spiro atoms. The van der Waals surface area contributed by atoms with Gasteiger partial charge in [-0.2, -0.15) is 0 Å². The van der Waals surface area contributed by atoms with Gasteiger partial charge in [0.15, 0.2) is 0 Å². The Labute approximate surface area is 255 Å². The first-order valence-electron chi connectivity index (χ1n) is 14.3. The Balaban J connectivity index is 0.000000223. The van der Waals surface area contributed by atoms with E-state index < -0.39 is 29.4 Å². The van der Waals surface area contributed by atoms with E-state index >= 15 is 0 Å². The Morgan fingerprint density at radius 2 is 1.48 bits per heavy atom. The SMILES string of the molecule is COC(=O)NC1(c2cn(C)nn2)CCCN(C(=O)OCc2ccccc2)C1.COC(=O)NC1(c2cn(C)nn2)CCCNC1. The molecular formula is C28H40N10O6. The van der Waals surface area contributed by atoms with E-state index in [-0.39, 0.29) is 13.2 Å². The van der Waals surface area contributed by atoms with Crippen LogP contribution >= 0.6 is 0 Å². The standard InChI is InChI=1S/C18H23N5O4.C10H17N5O2/c1-22-11-15(20-21-22)18(19-16(24)26-2)9-6-10-23(13-18)17(25)27-12-14-7-4-3-5-8-14;1-15-6-8(13-14-15)10(12-9(16)17-2)4-3-5-11-7-10/h3-5,7-8,11H,6,9-10,12-13H2,1-2H3,(H,19,24);6,11H,3-5,7H2,1-2H3,(H,12,16). The fourth-order valence-electron chi connectivity index (χ4n) is 5.32. The number of likely N-dealkylation sites (tertiary alicyclic amines) is 1. The average molecular weight is 613 g/mol. The number of piperidine rings is 2. The molecule has 2 saturated heterocycles. The second-order valence-electron chi connectivity index (χ2n) is 10.8. The molecule has 2 unspecified atom stereocenters. The second kappa shape index (κ2) is 14.6. The zero-order valence-corrected chi connectivity index (χ0v) is 25.5. The molecule has 0 aliphatic carbocycles. The summed E-state index contributed by atoms with van der Waals surface area (Å²) in [7, 11) is 6.21. The van der Waals surface area contributed by atoms with Crippen molar-refractivity contribution in [3.8, 4) is 0 Å². The van der Waals surface area contributed by atoms with Gasteiger partial charge in [-0.05, 0) is 37.8 Å². The Morgan fingerprint density at radius 3 is 2.02 bits per heavy atom. The number of nitrogens with zero attached hydrogens (tertiary/aromatic N) is 7. The first-order chi connectivity index (χ1) is 21.2. The van der Waals surface area contributed by atoms with Crippen LogP contribution in [0.2, 0.25) is 0 Å². The van der Waals surface area contributed by atoms with Crippen LogP contribution in [0.15, 0.2) is 42.7 Å². The molecule has 3 amide bonds. The summed E-state index contributed by atoms with van der Waals surface area (Å²) in [5, 5.41) is 25.1. The number of aryl methyl sites for hydroxylation is 2. The highest BCUT2D eigenvalue weighted by Gasteiger charge is 2.43. The zero-order valence-electron chi connectivity index (χ0n) is 25.5. The van der Waals surface area contributed by atoms with Gasteiger partial charge in [0.25, 0.3) is 0 Å². The van der Waals surface area contributed by atoms with Gasteiger partial charge in [0.1, 0.15) is 29.1 Å². The number of carbonyl (C=O) groups excluding carboxylic acids is 3. The average Bonchev–Trinajstić information content (AvgIpc) is 3.70. The largest absolute Gasteiger partial charge is 0.453 e. The highest BCUT2D eigenvalue weighted by molar-refractivity contribution is 5.70. The van der Waals surface area contributed by atoms with E-state index in [0.717, 1.165) is 30.6 Å². The summed E-state index contributed by atoms with van der Waals surface area (Å²) in [6.07, 6.45) is 5.19. The fraction of sp³-hybridized carbons (Fsp3) is 0.536. The summed E-state index contributed by atoms with van der Waals surface area (Å²) in [5.41, 5.74) is 0.870. The van der Waals surface area contributed by atoms with Crippen LogP contribution in [0.25, 0.3) is 0 Å². The smallest absolute Gasteiger partial charge is 0.410 e. The van der Waals surface area contributed by atoms with Crippen LogP contribution in [0, 0.1) is 0 Å². The van der Waals surface area contributed by atoms with Gasteiger partial charge in [-0.15, -0.1) is 10.2 Å². The lowest BCUT2D eigenvalue weighted by Crippen LogP contribution is -2.57. The number of hydrogen-bond acceptors (Lipinski definition) is 11. The van der Waals surface area contributed by atoms with Crippen LogP contribution in [-0.2, 0) is 46.0 Å². The highest BCUT2D eigenvalue weighted by Crippen LogP contribution is 2.31. The van der Waals surface area contributed by atoms with Crippen LogP contribution < -0.4 is 16.0 Å². The van der Waals surface area contributed by atoms with E-state index in [9.17, 15) is 14.4 Å². The third-order valence-corrected chi connectivity index (χ3v) is 7.58. The minimum atomic E-state index is -0.870. The van der Waals surface area contributed by atoms with Gasteiger partial charge in [0.05, 0.1) is 33.2 Å². The summed E-state index contributed by atoms with van der Waals surface area (Å²) in [6, 6.07) is 9.48. The predicted octanol–water partition coefficient (Wildman–Crippen LogP) is 1.55. The Bertz CT molecular complexity index is 1390. The molecule has 238 valence electrons. The Morgan fingerprint density at radius 1 is 0.886 bits per heavy atom. The maximum atomic E-state index is 12.6. The molecule has 0 radical (unpaired) electrons. The van der Waals surface area contributed by atoms with Crippen molar-refractivity contribution in [2.75, 3.05) is 40.4 Å². The highest BCUT2D eigenvalue weighted by atomic mass is 16.6. The quantitative estimate of drug-likeness (QED) is 0.344. The van der Waals surface area contributed by atoms with Gasteiger partial charge in [-0.3, -0.25) is 9.36 Å². The molecule has 2 aromatic heterocycles. The molecule has 5 rings (SSSR count).